The Balaban J connectivity index is 2.02. The molecule has 2 rings (SSSR count). The monoisotopic (exact) mass is 340 g/mol. The normalized spacial score (nSPS) is 11.7. The largest absolute Gasteiger partial charge is 0.496 e. The second kappa shape index (κ2) is 8.87. The van der Waals surface area contributed by atoms with Crippen molar-refractivity contribution in [2.75, 3.05) is 7.11 Å². The van der Waals surface area contributed by atoms with Crippen molar-refractivity contribution in [2.45, 2.75) is 26.4 Å². The average molecular weight is 340 g/mol. The summed E-state index contributed by atoms with van der Waals surface area (Å²) in [4.78, 5) is 24.9. The van der Waals surface area contributed by atoms with Crippen molar-refractivity contribution in [1.82, 2.24) is 10.6 Å². The number of para-hydroxylation sites is 1. The summed E-state index contributed by atoms with van der Waals surface area (Å²) >= 11 is 0. The van der Waals surface area contributed by atoms with Crippen LogP contribution in [0.1, 0.15) is 29.8 Å². The fraction of sp³-hybridized carbons (Fsp3) is 0.300. The van der Waals surface area contributed by atoms with E-state index in [2.05, 4.69) is 10.6 Å². The van der Waals surface area contributed by atoms with Crippen molar-refractivity contribution in [3.8, 4) is 5.75 Å². The van der Waals surface area contributed by atoms with E-state index in [1.54, 1.807) is 31.4 Å². The van der Waals surface area contributed by atoms with E-state index in [9.17, 15) is 9.59 Å². The van der Waals surface area contributed by atoms with Crippen molar-refractivity contribution >= 4 is 11.8 Å². The van der Waals surface area contributed by atoms with Crippen LogP contribution in [0.25, 0.3) is 0 Å². The fourth-order valence-electron chi connectivity index (χ4n) is 2.49. The van der Waals surface area contributed by atoms with Crippen molar-refractivity contribution in [3.05, 3.63) is 65.7 Å². The molecule has 0 saturated heterocycles. The van der Waals surface area contributed by atoms with Crippen LogP contribution in [0.15, 0.2) is 54.6 Å². The number of hydrogen-bond donors (Lipinski definition) is 2. The third kappa shape index (κ3) is 5.08. The standard InChI is InChI=1S/C20H24N2O3/c1-14(2)18(22-19(23)15-9-5-4-6-10-15)20(24)21-13-16-11-7-8-12-17(16)25-3/h4-12,14,18H,13H2,1-3H3,(H,21,24)(H,22,23)/t18-/m0/s1. The molecule has 0 radical (unpaired) electrons. The van der Waals surface area contributed by atoms with Gasteiger partial charge in [-0.2, -0.15) is 0 Å². The smallest absolute Gasteiger partial charge is 0.251 e. The van der Waals surface area contributed by atoms with E-state index in [-0.39, 0.29) is 17.7 Å². The van der Waals surface area contributed by atoms with E-state index in [1.165, 1.54) is 0 Å². The highest BCUT2D eigenvalue weighted by Crippen LogP contribution is 2.17. The van der Waals surface area contributed by atoms with Crippen LogP contribution in [0.2, 0.25) is 0 Å². The molecule has 132 valence electrons. The van der Waals surface area contributed by atoms with Crippen LogP contribution in [0.5, 0.6) is 5.75 Å². The molecule has 0 spiro atoms. The van der Waals surface area contributed by atoms with Gasteiger partial charge in [0, 0.05) is 17.7 Å². The van der Waals surface area contributed by atoms with Crippen LogP contribution >= 0.6 is 0 Å². The molecule has 5 heteroatoms. The molecule has 0 aromatic heterocycles. The first-order valence-corrected chi connectivity index (χ1v) is 8.28. The van der Waals surface area contributed by atoms with Crippen LogP contribution < -0.4 is 15.4 Å². The lowest BCUT2D eigenvalue weighted by Gasteiger charge is -2.22. The van der Waals surface area contributed by atoms with Crippen LogP contribution in [0.3, 0.4) is 0 Å². The van der Waals surface area contributed by atoms with Gasteiger partial charge in [0.15, 0.2) is 0 Å². The number of nitrogens with one attached hydrogen (secondary N) is 2. The fourth-order valence-corrected chi connectivity index (χ4v) is 2.49. The van der Waals surface area contributed by atoms with E-state index in [0.717, 1.165) is 11.3 Å². The quantitative estimate of drug-likeness (QED) is 0.814. The van der Waals surface area contributed by atoms with E-state index in [0.29, 0.717) is 12.1 Å². The van der Waals surface area contributed by atoms with Crippen LogP contribution in [0, 0.1) is 5.92 Å². The van der Waals surface area contributed by atoms with Gasteiger partial charge in [-0.3, -0.25) is 9.59 Å². The zero-order chi connectivity index (χ0) is 18.2. The number of rotatable bonds is 7. The van der Waals surface area contributed by atoms with E-state index < -0.39 is 6.04 Å². The Hall–Kier alpha value is -2.82. The van der Waals surface area contributed by atoms with Crippen LogP contribution in [-0.2, 0) is 11.3 Å². The highest BCUT2D eigenvalue weighted by molar-refractivity contribution is 5.97. The second-order valence-electron chi connectivity index (χ2n) is 6.09. The molecule has 5 nitrogen and oxygen atoms in total. The summed E-state index contributed by atoms with van der Waals surface area (Å²) in [5, 5.41) is 5.69. The Kier molecular flexibility index (Phi) is 6.57. The van der Waals surface area contributed by atoms with Crippen LogP contribution in [0.4, 0.5) is 0 Å². The first-order chi connectivity index (χ1) is 12.0. The third-order valence-electron chi connectivity index (χ3n) is 3.92. The second-order valence-corrected chi connectivity index (χ2v) is 6.09. The van der Waals surface area contributed by atoms with Crippen LogP contribution in [-0.4, -0.2) is 25.0 Å². The Morgan fingerprint density at radius 2 is 1.64 bits per heavy atom. The molecule has 0 aliphatic carbocycles. The Bertz CT molecular complexity index is 714. The number of methoxy groups -OCH3 is 1. The number of carbonyl (C=O) groups excluding carboxylic acids is 2. The van der Waals surface area contributed by atoms with Crippen molar-refractivity contribution in [2.24, 2.45) is 5.92 Å². The summed E-state index contributed by atoms with van der Waals surface area (Å²) in [5.41, 5.74) is 1.42. The number of ether oxygens (including phenoxy) is 1. The summed E-state index contributed by atoms with van der Waals surface area (Å²) in [6, 6.07) is 15.8. The Morgan fingerprint density at radius 3 is 2.28 bits per heavy atom. The van der Waals surface area contributed by atoms with Gasteiger partial charge in [0.2, 0.25) is 5.91 Å². The van der Waals surface area contributed by atoms with Gasteiger partial charge in [0.05, 0.1) is 7.11 Å². The molecule has 0 aliphatic heterocycles. The molecule has 0 saturated carbocycles. The SMILES string of the molecule is COc1ccccc1CNC(=O)[C@@H](NC(=O)c1ccccc1)C(C)C. The maximum absolute atomic E-state index is 12.6. The zero-order valence-electron chi connectivity index (χ0n) is 14.8. The molecule has 0 bridgehead atoms. The maximum atomic E-state index is 12.6. The maximum Gasteiger partial charge on any atom is 0.251 e. The molecule has 25 heavy (non-hydrogen) atoms. The third-order valence-corrected chi connectivity index (χ3v) is 3.92. The first-order valence-electron chi connectivity index (χ1n) is 8.28. The Morgan fingerprint density at radius 1 is 1.00 bits per heavy atom. The minimum atomic E-state index is -0.609. The topological polar surface area (TPSA) is 67.4 Å². The van der Waals surface area contributed by atoms with Crippen molar-refractivity contribution in [3.63, 3.8) is 0 Å². The number of benzene rings is 2. The molecule has 0 unspecified atom stereocenters. The molecule has 2 aromatic carbocycles. The summed E-state index contributed by atoms with van der Waals surface area (Å²) < 4.78 is 5.29. The lowest BCUT2D eigenvalue weighted by molar-refractivity contribution is -0.124. The summed E-state index contributed by atoms with van der Waals surface area (Å²) in [6.07, 6.45) is 0. The van der Waals surface area contributed by atoms with E-state index in [1.807, 2.05) is 44.2 Å². The minimum absolute atomic E-state index is 0.0367. The summed E-state index contributed by atoms with van der Waals surface area (Å²) in [7, 11) is 1.59. The molecule has 2 aromatic rings. The zero-order valence-corrected chi connectivity index (χ0v) is 14.8. The predicted molar refractivity (Wildman–Crippen MR) is 97.4 cm³/mol. The predicted octanol–water partition coefficient (Wildman–Crippen LogP) is 2.77. The molecule has 2 N–H and O–H groups in total. The summed E-state index contributed by atoms with van der Waals surface area (Å²) in [6.45, 7) is 4.14. The molecular formula is C20H24N2O3. The van der Waals surface area contributed by atoms with Gasteiger partial charge in [0.25, 0.3) is 5.91 Å². The van der Waals surface area contributed by atoms with E-state index in [4.69, 9.17) is 4.74 Å². The van der Waals surface area contributed by atoms with Gasteiger partial charge in [-0.15, -0.1) is 0 Å². The van der Waals surface area contributed by atoms with Crippen molar-refractivity contribution in [1.29, 1.82) is 0 Å². The number of carbonyl (C=O) groups is 2. The van der Waals surface area contributed by atoms with E-state index >= 15 is 0 Å². The summed E-state index contributed by atoms with van der Waals surface area (Å²) in [5.74, 6) is 0.208. The molecule has 1 atom stereocenters. The van der Waals surface area contributed by atoms with Crippen molar-refractivity contribution < 1.29 is 14.3 Å². The van der Waals surface area contributed by atoms with Gasteiger partial charge in [-0.25, -0.2) is 0 Å². The number of amides is 2. The highest BCUT2D eigenvalue weighted by atomic mass is 16.5. The average Bonchev–Trinajstić information content (AvgIpc) is 2.64. The van der Waals surface area contributed by atoms with Gasteiger partial charge < -0.3 is 15.4 Å². The lowest BCUT2D eigenvalue weighted by atomic mass is 10.0. The lowest BCUT2D eigenvalue weighted by Crippen LogP contribution is -2.49. The first kappa shape index (κ1) is 18.5. The van der Waals surface area contributed by atoms with Gasteiger partial charge in [-0.1, -0.05) is 50.2 Å². The molecule has 0 heterocycles. The molecular weight excluding hydrogens is 316 g/mol. The molecule has 2 amide bonds. The highest BCUT2D eigenvalue weighted by Gasteiger charge is 2.24. The molecule has 0 aliphatic rings. The van der Waals surface area contributed by atoms with Gasteiger partial charge >= 0.3 is 0 Å². The van der Waals surface area contributed by atoms with Gasteiger partial charge in [0.1, 0.15) is 11.8 Å². The Labute approximate surface area is 148 Å². The molecule has 0 fully saturated rings. The number of hydrogen-bond acceptors (Lipinski definition) is 3. The van der Waals surface area contributed by atoms with Gasteiger partial charge in [-0.05, 0) is 24.1 Å². The minimum Gasteiger partial charge on any atom is -0.496 e.